The molecule has 1 amide bonds. The number of hydrogen-bond acceptors (Lipinski definition) is 6. The van der Waals surface area contributed by atoms with Crippen LogP contribution in [0, 0.1) is 5.92 Å². The van der Waals surface area contributed by atoms with Gasteiger partial charge < -0.3 is 19.9 Å². The smallest absolute Gasteiger partial charge is 0.225 e. The molecule has 0 unspecified atom stereocenters. The van der Waals surface area contributed by atoms with Crippen molar-refractivity contribution < 1.29 is 9.53 Å². The fourth-order valence-electron chi connectivity index (χ4n) is 4.70. The molecule has 36 heavy (non-hydrogen) atoms. The van der Waals surface area contributed by atoms with Gasteiger partial charge in [-0.05, 0) is 48.7 Å². The molecule has 0 saturated carbocycles. The lowest BCUT2D eigenvalue weighted by Crippen LogP contribution is -2.43. The summed E-state index contributed by atoms with van der Waals surface area (Å²) < 4.78 is 7.23. The van der Waals surface area contributed by atoms with E-state index in [1.54, 1.807) is 13.3 Å². The first-order valence-corrected chi connectivity index (χ1v) is 12.3. The minimum absolute atomic E-state index is 0.0809. The summed E-state index contributed by atoms with van der Waals surface area (Å²) in [7, 11) is 5.70. The zero-order chi connectivity index (χ0) is 25.1. The fraction of sp³-hybridized carbons (Fsp3) is 0.321. The van der Waals surface area contributed by atoms with Crippen LogP contribution < -0.4 is 19.9 Å². The zero-order valence-electron chi connectivity index (χ0n) is 21.0. The van der Waals surface area contributed by atoms with Crippen molar-refractivity contribution in [3.05, 3.63) is 72.6 Å². The highest BCUT2D eigenvalue weighted by Crippen LogP contribution is 2.29. The highest BCUT2D eigenvalue weighted by atomic mass is 16.5. The Morgan fingerprint density at radius 1 is 1.17 bits per heavy atom. The highest BCUT2D eigenvalue weighted by Gasteiger charge is 2.27. The number of anilines is 2. The number of hydrogen-bond donors (Lipinski definition) is 1. The van der Waals surface area contributed by atoms with Gasteiger partial charge in [0.25, 0.3) is 0 Å². The predicted molar refractivity (Wildman–Crippen MR) is 143 cm³/mol. The third-order valence-corrected chi connectivity index (χ3v) is 6.75. The van der Waals surface area contributed by atoms with Crippen molar-refractivity contribution in [3.8, 4) is 17.0 Å². The van der Waals surface area contributed by atoms with Crippen molar-refractivity contribution in [3.63, 3.8) is 0 Å². The van der Waals surface area contributed by atoms with Crippen molar-refractivity contribution in [2.75, 3.05) is 44.1 Å². The molecule has 1 aliphatic heterocycles. The maximum absolute atomic E-state index is 13.0. The van der Waals surface area contributed by atoms with E-state index in [1.165, 1.54) is 0 Å². The van der Waals surface area contributed by atoms with Crippen molar-refractivity contribution in [1.29, 1.82) is 0 Å². The van der Waals surface area contributed by atoms with Crippen LogP contribution in [0.2, 0.25) is 0 Å². The largest absolute Gasteiger partial charge is 0.497 e. The van der Waals surface area contributed by atoms with E-state index in [9.17, 15) is 4.79 Å². The normalized spacial score (nSPS) is 15.6. The number of rotatable bonds is 7. The topological polar surface area (TPSA) is 75.0 Å². The highest BCUT2D eigenvalue weighted by molar-refractivity contribution is 5.81. The Balaban J connectivity index is 1.29. The van der Waals surface area contributed by atoms with E-state index in [-0.39, 0.29) is 11.8 Å². The first-order valence-electron chi connectivity index (χ1n) is 12.3. The summed E-state index contributed by atoms with van der Waals surface area (Å²) in [6.45, 7) is 2.03. The molecule has 8 heteroatoms. The molecule has 2 aromatic heterocycles. The van der Waals surface area contributed by atoms with Crippen LogP contribution in [0.5, 0.6) is 5.75 Å². The average molecular weight is 485 g/mol. The van der Waals surface area contributed by atoms with Crippen LogP contribution in [0.15, 0.2) is 67.0 Å². The van der Waals surface area contributed by atoms with Gasteiger partial charge in [-0.25, -0.2) is 9.50 Å². The third-order valence-electron chi connectivity index (χ3n) is 6.75. The van der Waals surface area contributed by atoms with Crippen molar-refractivity contribution in [1.82, 2.24) is 19.9 Å². The Morgan fingerprint density at radius 2 is 2.00 bits per heavy atom. The van der Waals surface area contributed by atoms with E-state index in [1.807, 2.05) is 49.1 Å². The van der Waals surface area contributed by atoms with Gasteiger partial charge in [0.05, 0.1) is 18.7 Å². The number of carbonyl (C=O) groups excluding carboxylic acids is 1. The summed E-state index contributed by atoms with van der Waals surface area (Å²) in [5.74, 6) is 1.66. The number of piperidine rings is 1. The summed E-state index contributed by atoms with van der Waals surface area (Å²) in [5.41, 5.74) is 5.01. The van der Waals surface area contributed by atoms with Gasteiger partial charge in [-0.2, -0.15) is 5.10 Å². The van der Waals surface area contributed by atoms with Crippen LogP contribution >= 0.6 is 0 Å². The second-order valence-corrected chi connectivity index (χ2v) is 9.41. The number of nitrogens with zero attached hydrogens (tertiary/aromatic N) is 5. The Bertz CT molecular complexity index is 1350. The zero-order valence-corrected chi connectivity index (χ0v) is 21.0. The van der Waals surface area contributed by atoms with Crippen LogP contribution in [0.1, 0.15) is 18.4 Å². The van der Waals surface area contributed by atoms with Crippen LogP contribution in [-0.4, -0.2) is 54.8 Å². The number of methoxy groups -OCH3 is 1. The monoisotopic (exact) mass is 484 g/mol. The molecule has 186 valence electrons. The molecule has 5 rings (SSSR count). The lowest BCUT2D eigenvalue weighted by Gasteiger charge is -2.33. The fourth-order valence-corrected chi connectivity index (χ4v) is 4.70. The first kappa shape index (κ1) is 23.7. The number of ether oxygens (including phenoxy) is 1. The number of benzene rings is 2. The summed E-state index contributed by atoms with van der Waals surface area (Å²) >= 11 is 0. The molecule has 0 spiro atoms. The molecule has 0 bridgehead atoms. The minimum atomic E-state index is -0.0809. The van der Waals surface area contributed by atoms with Gasteiger partial charge in [0.1, 0.15) is 11.3 Å². The number of fused-ring (bicyclic) bond motifs is 1. The van der Waals surface area contributed by atoms with Crippen LogP contribution in [0.4, 0.5) is 11.5 Å². The third kappa shape index (κ3) is 4.98. The van der Waals surface area contributed by atoms with E-state index in [0.29, 0.717) is 13.1 Å². The van der Waals surface area contributed by atoms with E-state index < -0.39 is 0 Å². The van der Waals surface area contributed by atoms with Gasteiger partial charge in [0.2, 0.25) is 5.91 Å². The van der Waals surface area contributed by atoms with E-state index in [0.717, 1.165) is 59.0 Å². The summed E-state index contributed by atoms with van der Waals surface area (Å²) in [5, 5.41) is 7.89. The molecular formula is C28H32N6O2. The van der Waals surface area contributed by atoms with Crippen molar-refractivity contribution >= 4 is 22.9 Å². The van der Waals surface area contributed by atoms with Crippen LogP contribution in [0.25, 0.3) is 16.8 Å². The molecule has 1 N–H and O–H groups in total. The molecule has 1 fully saturated rings. The Kier molecular flexibility index (Phi) is 6.75. The van der Waals surface area contributed by atoms with Gasteiger partial charge in [-0.3, -0.25) is 4.79 Å². The van der Waals surface area contributed by atoms with Gasteiger partial charge in [-0.1, -0.05) is 24.3 Å². The Labute approximate surface area is 211 Å². The number of amides is 1. The Hall–Kier alpha value is -4.07. The molecule has 4 aromatic rings. The number of nitrogens with one attached hydrogen (secondary N) is 1. The number of carbonyl (C=O) groups is 1. The molecule has 2 aromatic carbocycles. The Morgan fingerprint density at radius 3 is 2.78 bits per heavy atom. The van der Waals surface area contributed by atoms with Gasteiger partial charge in [0, 0.05) is 57.4 Å². The van der Waals surface area contributed by atoms with Crippen LogP contribution in [-0.2, 0) is 11.3 Å². The summed E-state index contributed by atoms with van der Waals surface area (Å²) in [6, 6.07) is 18.2. The maximum Gasteiger partial charge on any atom is 0.225 e. The molecule has 0 aliphatic carbocycles. The lowest BCUT2D eigenvalue weighted by molar-refractivity contribution is -0.125. The van der Waals surface area contributed by atoms with Gasteiger partial charge in [0.15, 0.2) is 5.82 Å². The standard InChI is InChI=1S/C28H32N6O2/c1-32(2)23-11-9-20(10-12-23)18-30-28(35)22-7-5-14-33(19-22)27-26-17-25(31-34(26)15-13-29-27)21-6-4-8-24(16-21)36-3/h4,6,8-13,15-17,22H,5,7,14,18-19H2,1-3H3,(H,30,35)/t22-/m0/s1. The van der Waals surface area contributed by atoms with Gasteiger partial charge in [-0.15, -0.1) is 0 Å². The molecular weight excluding hydrogens is 452 g/mol. The SMILES string of the molecule is COc1cccc(-c2cc3c(N4CCC[C@H](C(=O)NCc5ccc(N(C)C)cc5)C4)nccn3n2)c1. The van der Waals surface area contributed by atoms with E-state index in [4.69, 9.17) is 9.84 Å². The van der Waals surface area contributed by atoms with Crippen LogP contribution in [0.3, 0.4) is 0 Å². The number of aromatic nitrogens is 3. The molecule has 0 radical (unpaired) electrons. The van der Waals surface area contributed by atoms with Crippen molar-refractivity contribution in [2.24, 2.45) is 5.92 Å². The van der Waals surface area contributed by atoms with E-state index in [2.05, 4.69) is 50.4 Å². The molecule has 1 aliphatic rings. The predicted octanol–water partition coefficient (Wildman–Crippen LogP) is 4.00. The molecule has 1 saturated heterocycles. The lowest BCUT2D eigenvalue weighted by atomic mass is 9.97. The molecule has 8 nitrogen and oxygen atoms in total. The average Bonchev–Trinajstić information content (AvgIpc) is 3.37. The summed E-state index contributed by atoms with van der Waals surface area (Å²) in [4.78, 5) is 22.0. The van der Waals surface area contributed by atoms with E-state index >= 15 is 0 Å². The van der Waals surface area contributed by atoms with Crippen molar-refractivity contribution in [2.45, 2.75) is 19.4 Å². The maximum atomic E-state index is 13.0. The van der Waals surface area contributed by atoms with Gasteiger partial charge >= 0.3 is 0 Å². The quantitative estimate of drug-likeness (QED) is 0.427. The minimum Gasteiger partial charge on any atom is -0.497 e. The second kappa shape index (κ2) is 10.3. The molecule has 1 atom stereocenters. The summed E-state index contributed by atoms with van der Waals surface area (Å²) in [6.07, 6.45) is 5.44. The molecule has 3 heterocycles. The first-order chi connectivity index (χ1) is 17.5. The second-order valence-electron chi connectivity index (χ2n) is 9.41.